The molecule has 1 aromatic heterocycles. The maximum Gasteiger partial charge on any atom is 0.332 e. The standard InChI is InChI=1S/C21H20FN3O6S/c22-13-3-1-4-14(9-13)25-20(29)19-16(24(21(25)30)10-15-5-2-8-32-15)6-7-23(19)17(26)11-31-12-18(27)28/h1-5,8-9,16,19H,6-7,10-12H2,(H,27,28)/t16-,19+/m1/s1. The van der Waals surface area contributed by atoms with E-state index < -0.39 is 54.9 Å². The summed E-state index contributed by atoms with van der Waals surface area (Å²) in [6, 6.07) is 6.78. The molecule has 32 heavy (non-hydrogen) atoms. The minimum atomic E-state index is -1.21. The molecule has 1 aromatic carbocycles. The van der Waals surface area contributed by atoms with E-state index in [2.05, 4.69) is 0 Å². The maximum atomic E-state index is 13.9. The molecule has 2 aliphatic rings. The molecule has 0 saturated carbocycles. The zero-order valence-corrected chi connectivity index (χ0v) is 17.7. The predicted octanol–water partition coefficient (Wildman–Crippen LogP) is 1.93. The van der Waals surface area contributed by atoms with E-state index >= 15 is 0 Å². The number of fused-ring (bicyclic) bond motifs is 1. The van der Waals surface area contributed by atoms with Gasteiger partial charge in [0.25, 0.3) is 5.91 Å². The molecule has 0 bridgehead atoms. The minimum absolute atomic E-state index is 0.0797. The van der Waals surface area contributed by atoms with Gasteiger partial charge in [0, 0.05) is 11.4 Å². The lowest BCUT2D eigenvalue weighted by molar-refractivity contribution is -0.148. The van der Waals surface area contributed by atoms with Crippen molar-refractivity contribution in [1.29, 1.82) is 0 Å². The second-order valence-electron chi connectivity index (χ2n) is 7.42. The number of carbonyl (C=O) groups excluding carboxylic acids is 3. The molecule has 4 amide bonds. The maximum absolute atomic E-state index is 13.9. The number of nitrogens with zero attached hydrogens (tertiary/aromatic N) is 3. The number of carbonyl (C=O) groups is 4. The van der Waals surface area contributed by atoms with Gasteiger partial charge in [-0.15, -0.1) is 11.3 Å². The number of hydrogen-bond donors (Lipinski definition) is 1. The molecule has 3 heterocycles. The number of benzene rings is 1. The fourth-order valence-electron chi connectivity index (χ4n) is 4.09. The second-order valence-corrected chi connectivity index (χ2v) is 8.45. The quantitative estimate of drug-likeness (QED) is 0.675. The Kier molecular flexibility index (Phi) is 6.19. The molecular formula is C21H20FN3O6S. The highest BCUT2D eigenvalue weighted by Gasteiger charge is 2.53. The molecule has 0 aliphatic carbocycles. The normalized spacial score (nSPS) is 20.6. The van der Waals surface area contributed by atoms with Gasteiger partial charge < -0.3 is 19.6 Å². The lowest BCUT2D eigenvalue weighted by Crippen LogP contribution is -2.66. The number of hydrogen-bond acceptors (Lipinski definition) is 6. The predicted molar refractivity (Wildman–Crippen MR) is 112 cm³/mol. The van der Waals surface area contributed by atoms with Crippen LogP contribution in [0.3, 0.4) is 0 Å². The van der Waals surface area contributed by atoms with Crippen molar-refractivity contribution in [3.05, 3.63) is 52.5 Å². The van der Waals surface area contributed by atoms with Crippen LogP contribution < -0.4 is 4.90 Å². The van der Waals surface area contributed by atoms with Gasteiger partial charge in [0.15, 0.2) is 0 Å². The number of likely N-dealkylation sites (tertiary alicyclic amines) is 1. The summed E-state index contributed by atoms with van der Waals surface area (Å²) in [6.45, 7) is -0.683. The van der Waals surface area contributed by atoms with Gasteiger partial charge in [-0.05, 0) is 36.1 Å². The third-order valence-corrected chi connectivity index (χ3v) is 6.28. The number of urea groups is 1. The highest BCUT2D eigenvalue weighted by molar-refractivity contribution is 7.09. The first-order valence-electron chi connectivity index (χ1n) is 9.88. The van der Waals surface area contributed by atoms with Crippen molar-refractivity contribution in [2.75, 3.05) is 24.7 Å². The van der Waals surface area contributed by atoms with Crippen LogP contribution in [-0.4, -0.2) is 70.6 Å². The van der Waals surface area contributed by atoms with Crippen LogP contribution in [0, 0.1) is 5.82 Å². The van der Waals surface area contributed by atoms with E-state index in [1.54, 1.807) is 0 Å². The molecule has 2 atom stereocenters. The Morgan fingerprint density at radius 2 is 2.00 bits per heavy atom. The Bertz CT molecular complexity index is 1050. The number of aliphatic carboxylic acids is 1. The molecule has 2 fully saturated rings. The monoisotopic (exact) mass is 461 g/mol. The molecule has 0 radical (unpaired) electrons. The summed E-state index contributed by atoms with van der Waals surface area (Å²) in [5.74, 6) is -2.99. The van der Waals surface area contributed by atoms with Crippen LogP contribution in [0.2, 0.25) is 0 Å². The van der Waals surface area contributed by atoms with Crippen LogP contribution >= 0.6 is 11.3 Å². The van der Waals surface area contributed by atoms with Crippen molar-refractivity contribution < 1.29 is 33.4 Å². The highest BCUT2D eigenvalue weighted by Crippen LogP contribution is 2.34. The van der Waals surface area contributed by atoms with E-state index in [4.69, 9.17) is 9.84 Å². The van der Waals surface area contributed by atoms with E-state index in [0.717, 1.165) is 15.8 Å². The lowest BCUT2D eigenvalue weighted by Gasteiger charge is -2.43. The van der Waals surface area contributed by atoms with E-state index in [1.807, 2.05) is 17.5 Å². The van der Waals surface area contributed by atoms with E-state index in [1.165, 1.54) is 39.3 Å². The topological polar surface area (TPSA) is 107 Å². The van der Waals surface area contributed by atoms with Gasteiger partial charge in [-0.25, -0.2) is 18.9 Å². The molecule has 2 aliphatic heterocycles. The van der Waals surface area contributed by atoms with Gasteiger partial charge in [-0.1, -0.05) is 12.1 Å². The van der Waals surface area contributed by atoms with Gasteiger partial charge in [-0.2, -0.15) is 0 Å². The molecule has 11 heteroatoms. The largest absolute Gasteiger partial charge is 0.480 e. The fraction of sp³-hybridized carbons (Fsp3) is 0.333. The molecule has 2 saturated heterocycles. The number of rotatable bonds is 7. The first-order chi connectivity index (χ1) is 15.4. The summed E-state index contributed by atoms with van der Waals surface area (Å²) in [5.41, 5.74) is 0.0797. The first kappa shape index (κ1) is 21.9. The zero-order valence-electron chi connectivity index (χ0n) is 16.8. The molecule has 9 nitrogen and oxygen atoms in total. The van der Waals surface area contributed by atoms with Crippen LogP contribution in [0.4, 0.5) is 14.9 Å². The van der Waals surface area contributed by atoms with Gasteiger partial charge in [0.1, 0.15) is 25.1 Å². The third kappa shape index (κ3) is 4.21. The smallest absolute Gasteiger partial charge is 0.332 e. The molecular weight excluding hydrogens is 441 g/mol. The summed E-state index contributed by atoms with van der Waals surface area (Å²) in [7, 11) is 0. The lowest BCUT2D eigenvalue weighted by atomic mass is 10.0. The summed E-state index contributed by atoms with van der Waals surface area (Å²) >= 11 is 1.46. The van der Waals surface area contributed by atoms with Crippen molar-refractivity contribution in [3.8, 4) is 0 Å². The van der Waals surface area contributed by atoms with E-state index in [9.17, 15) is 23.6 Å². The Hall–Kier alpha value is -3.31. The number of anilines is 1. The minimum Gasteiger partial charge on any atom is -0.480 e. The number of carboxylic acid groups (broad SMARTS) is 1. The SMILES string of the molecule is O=C(O)COCC(=O)N1CC[C@@H]2[C@H]1C(=O)N(c1cccc(F)c1)C(=O)N2Cc1cccs1. The van der Waals surface area contributed by atoms with Gasteiger partial charge in [0.2, 0.25) is 5.91 Å². The van der Waals surface area contributed by atoms with Gasteiger partial charge >= 0.3 is 12.0 Å². The molecule has 0 spiro atoms. The highest BCUT2D eigenvalue weighted by atomic mass is 32.1. The van der Waals surface area contributed by atoms with Crippen molar-refractivity contribution >= 4 is 40.8 Å². The average Bonchev–Trinajstić information content (AvgIpc) is 3.41. The van der Waals surface area contributed by atoms with E-state index in [-0.39, 0.29) is 18.8 Å². The number of imide groups is 1. The number of thiophene rings is 1. The number of ether oxygens (including phenoxy) is 1. The summed E-state index contributed by atoms with van der Waals surface area (Å²) in [4.78, 5) is 54.8. The summed E-state index contributed by atoms with van der Waals surface area (Å²) in [5, 5.41) is 10.6. The van der Waals surface area contributed by atoms with Crippen LogP contribution in [-0.2, 0) is 25.7 Å². The third-order valence-electron chi connectivity index (χ3n) is 5.42. The Morgan fingerprint density at radius 1 is 1.19 bits per heavy atom. The van der Waals surface area contributed by atoms with Crippen LogP contribution in [0.15, 0.2) is 41.8 Å². The molecule has 168 valence electrons. The van der Waals surface area contributed by atoms with E-state index in [0.29, 0.717) is 6.42 Å². The van der Waals surface area contributed by atoms with Crippen molar-refractivity contribution in [2.45, 2.75) is 25.0 Å². The Balaban J connectivity index is 1.65. The number of amides is 4. The van der Waals surface area contributed by atoms with Crippen LogP contribution in [0.25, 0.3) is 0 Å². The molecule has 4 rings (SSSR count). The average molecular weight is 461 g/mol. The van der Waals surface area contributed by atoms with Gasteiger partial charge in [-0.3, -0.25) is 9.59 Å². The fourth-order valence-corrected chi connectivity index (χ4v) is 4.80. The Morgan fingerprint density at radius 3 is 2.69 bits per heavy atom. The number of halogens is 1. The van der Waals surface area contributed by atoms with Crippen molar-refractivity contribution in [1.82, 2.24) is 9.80 Å². The van der Waals surface area contributed by atoms with Crippen LogP contribution in [0.5, 0.6) is 0 Å². The Labute approximate surface area is 186 Å². The van der Waals surface area contributed by atoms with Crippen molar-refractivity contribution in [2.24, 2.45) is 0 Å². The second kappa shape index (κ2) is 9.05. The summed E-state index contributed by atoms with van der Waals surface area (Å²) in [6.07, 6.45) is 0.384. The zero-order chi connectivity index (χ0) is 22.8. The van der Waals surface area contributed by atoms with Gasteiger partial charge in [0.05, 0.1) is 18.3 Å². The van der Waals surface area contributed by atoms with Crippen molar-refractivity contribution in [3.63, 3.8) is 0 Å². The summed E-state index contributed by atoms with van der Waals surface area (Å²) < 4.78 is 18.8. The number of carboxylic acids is 1. The van der Waals surface area contributed by atoms with Crippen LogP contribution in [0.1, 0.15) is 11.3 Å². The first-order valence-corrected chi connectivity index (χ1v) is 10.8. The molecule has 1 N–H and O–H groups in total. The molecule has 2 aromatic rings. The molecule has 0 unspecified atom stereocenters.